The van der Waals surface area contributed by atoms with Gasteiger partial charge < -0.3 is 0 Å². The summed E-state index contributed by atoms with van der Waals surface area (Å²) in [7, 11) is -0.600. The van der Waals surface area contributed by atoms with Crippen molar-refractivity contribution in [3.8, 4) is 6.07 Å². The number of nitriles is 1. The summed E-state index contributed by atoms with van der Waals surface area (Å²) in [5.41, 5.74) is 0. The molecule has 6 heteroatoms. The summed E-state index contributed by atoms with van der Waals surface area (Å²) in [6.07, 6.45) is 0. The topological polar surface area (TPSA) is 64.4 Å². The van der Waals surface area contributed by atoms with Crippen molar-refractivity contribution in [1.82, 2.24) is 8.61 Å². The van der Waals surface area contributed by atoms with Crippen LogP contribution in [-0.4, -0.2) is 43.2 Å². The van der Waals surface area contributed by atoms with Gasteiger partial charge in [0.05, 0.1) is 6.07 Å². The van der Waals surface area contributed by atoms with E-state index in [1.54, 1.807) is 20.8 Å². The molecule has 0 heterocycles. The lowest BCUT2D eigenvalue weighted by Gasteiger charge is -2.28. The molecule has 0 aromatic rings. The Hall–Kier alpha value is -0.640. The molecular formula is C8H17N3O2S. The molecule has 0 aromatic heterocycles. The van der Waals surface area contributed by atoms with Crippen LogP contribution in [0.5, 0.6) is 0 Å². The fourth-order valence-electron chi connectivity index (χ4n) is 0.751. The van der Waals surface area contributed by atoms with Crippen LogP contribution in [0.2, 0.25) is 0 Å². The molecule has 14 heavy (non-hydrogen) atoms. The summed E-state index contributed by atoms with van der Waals surface area (Å²) in [5, 5.41) is 8.61. The molecule has 0 bridgehead atoms. The van der Waals surface area contributed by atoms with Gasteiger partial charge in [0, 0.05) is 20.1 Å². The van der Waals surface area contributed by atoms with E-state index < -0.39 is 16.3 Å². The highest BCUT2D eigenvalue weighted by atomic mass is 32.2. The third-order valence-electron chi connectivity index (χ3n) is 2.19. The van der Waals surface area contributed by atoms with Crippen LogP contribution in [0.25, 0.3) is 0 Å². The van der Waals surface area contributed by atoms with E-state index in [2.05, 4.69) is 0 Å². The van der Waals surface area contributed by atoms with Crippen LogP contribution >= 0.6 is 0 Å². The van der Waals surface area contributed by atoms with E-state index in [0.29, 0.717) is 0 Å². The van der Waals surface area contributed by atoms with E-state index in [9.17, 15) is 8.42 Å². The average molecular weight is 219 g/mol. The van der Waals surface area contributed by atoms with Crippen LogP contribution < -0.4 is 0 Å². The monoisotopic (exact) mass is 219 g/mol. The third kappa shape index (κ3) is 2.67. The first-order valence-corrected chi connectivity index (χ1v) is 5.75. The highest BCUT2D eigenvalue weighted by molar-refractivity contribution is 7.86. The van der Waals surface area contributed by atoms with Crippen molar-refractivity contribution in [2.75, 3.05) is 14.1 Å². The SMILES string of the molecule is CC(C)N(C)S(=O)(=O)N(C)C(C)C#N. The number of hydrogen-bond donors (Lipinski definition) is 0. The Morgan fingerprint density at radius 1 is 1.14 bits per heavy atom. The highest BCUT2D eigenvalue weighted by Crippen LogP contribution is 2.10. The minimum absolute atomic E-state index is 0.117. The second-order valence-electron chi connectivity index (χ2n) is 3.44. The molecule has 82 valence electrons. The lowest BCUT2D eigenvalue weighted by molar-refractivity contribution is 0.347. The molecule has 0 saturated carbocycles. The standard InChI is InChI=1S/C8H17N3O2S/c1-7(2)10(4)14(12,13)11(5)8(3)6-9/h7-8H,1-5H3. The van der Waals surface area contributed by atoms with Crippen LogP contribution in [-0.2, 0) is 10.2 Å². The summed E-state index contributed by atoms with van der Waals surface area (Å²) < 4.78 is 25.8. The van der Waals surface area contributed by atoms with Crippen molar-refractivity contribution < 1.29 is 8.42 Å². The average Bonchev–Trinajstić information content (AvgIpc) is 2.13. The molecule has 0 rings (SSSR count). The van der Waals surface area contributed by atoms with Crippen LogP contribution in [0.4, 0.5) is 0 Å². The maximum absolute atomic E-state index is 11.8. The van der Waals surface area contributed by atoms with Crippen LogP contribution in [0.3, 0.4) is 0 Å². The molecule has 5 nitrogen and oxygen atoms in total. The summed E-state index contributed by atoms with van der Waals surface area (Å²) in [4.78, 5) is 0. The normalized spacial score (nSPS) is 14.8. The summed E-state index contributed by atoms with van der Waals surface area (Å²) in [6, 6.07) is 1.12. The minimum atomic E-state index is -3.51. The fraction of sp³-hybridized carbons (Fsp3) is 0.875. The predicted molar refractivity (Wildman–Crippen MR) is 54.7 cm³/mol. The zero-order valence-electron chi connectivity index (χ0n) is 9.22. The lowest BCUT2D eigenvalue weighted by Crippen LogP contribution is -2.46. The lowest BCUT2D eigenvalue weighted by atomic mass is 10.4. The van der Waals surface area contributed by atoms with Crippen molar-refractivity contribution in [2.45, 2.75) is 32.9 Å². The Morgan fingerprint density at radius 3 is 1.86 bits per heavy atom. The van der Waals surface area contributed by atoms with Crippen molar-refractivity contribution in [3.05, 3.63) is 0 Å². The van der Waals surface area contributed by atoms with Gasteiger partial charge in [-0.2, -0.15) is 22.3 Å². The highest BCUT2D eigenvalue weighted by Gasteiger charge is 2.28. The largest absolute Gasteiger partial charge is 0.282 e. The van der Waals surface area contributed by atoms with Crippen molar-refractivity contribution in [3.63, 3.8) is 0 Å². The zero-order chi connectivity index (χ0) is 11.5. The van der Waals surface area contributed by atoms with Gasteiger partial charge in [-0.15, -0.1) is 0 Å². The molecule has 0 aliphatic heterocycles. The Labute approximate surface area is 86.1 Å². The number of rotatable bonds is 4. The van der Waals surface area contributed by atoms with Crippen molar-refractivity contribution in [1.29, 1.82) is 5.26 Å². The Balaban J connectivity index is 4.90. The summed E-state index contributed by atoms with van der Waals surface area (Å²) in [5.74, 6) is 0. The van der Waals surface area contributed by atoms with Gasteiger partial charge in [-0.05, 0) is 20.8 Å². The first-order chi connectivity index (χ1) is 6.25. The van der Waals surface area contributed by atoms with E-state index in [4.69, 9.17) is 5.26 Å². The molecule has 1 atom stereocenters. The smallest absolute Gasteiger partial charge is 0.197 e. The molecule has 0 amide bonds. The Morgan fingerprint density at radius 2 is 1.57 bits per heavy atom. The van der Waals surface area contributed by atoms with Crippen molar-refractivity contribution in [2.24, 2.45) is 0 Å². The van der Waals surface area contributed by atoms with Gasteiger partial charge in [0.2, 0.25) is 0 Å². The van der Waals surface area contributed by atoms with Gasteiger partial charge in [-0.25, -0.2) is 0 Å². The van der Waals surface area contributed by atoms with Gasteiger partial charge >= 0.3 is 0 Å². The molecule has 0 spiro atoms. The van der Waals surface area contributed by atoms with Gasteiger partial charge in [-0.3, -0.25) is 0 Å². The van der Waals surface area contributed by atoms with Gasteiger partial charge in [0.15, 0.2) is 0 Å². The maximum atomic E-state index is 11.8. The molecule has 0 saturated heterocycles. The number of nitrogens with zero attached hydrogens (tertiary/aromatic N) is 3. The van der Waals surface area contributed by atoms with E-state index in [-0.39, 0.29) is 6.04 Å². The molecule has 0 radical (unpaired) electrons. The van der Waals surface area contributed by atoms with Gasteiger partial charge in [-0.1, -0.05) is 0 Å². The number of hydrogen-bond acceptors (Lipinski definition) is 3. The molecule has 1 unspecified atom stereocenters. The quantitative estimate of drug-likeness (QED) is 0.688. The molecule has 0 N–H and O–H groups in total. The van der Waals surface area contributed by atoms with Gasteiger partial charge in [0.1, 0.15) is 6.04 Å². The van der Waals surface area contributed by atoms with E-state index in [1.807, 2.05) is 6.07 Å². The second kappa shape index (κ2) is 4.73. The maximum Gasteiger partial charge on any atom is 0.282 e. The van der Waals surface area contributed by atoms with E-state index >= 15 is 0 Å². The summed E-state index contributed by atoms with van der Waals surface area (Å²) in [6.45, 7) is 5.11. The Bertz CT molecular complexity index is 318. The molecule has 0 fully saturated rings. The second-order valence-corrected chi connectivity index (χ2v) is 5.49. The Kier molecular flexibility index (Phi) is 4.52. The van der Waals surface area contributed by atoms with Crippen LogP contribution in [0.1, 0.15) is 20.8 Å². The third-order valence-corrected chi connectivity index (χ3v) is 4.38. The zero-order valence-corrected chi connectivity index (χ0v) is 10.0. The van der Waals surface area contributed by atoms with Crippen LogP contribution in [0, 0.1) is 11.3 Å². The van der Waals surface area contributed by atoms with Gasteiger partial charge in [0.25, 0.3) is 10.2 Å². The first-order valence-electron chi connectivity index (χ1n) is 4.35. The first kappa shape index (κ1) is 13.4. The molecule has 0 aliphatic carbocycles. The molecular weight excluding hydrogens is 202 g/mol. The van der Waals surface area contributed by atoms with Crippen LogP contribution in [0.15, 0.2) is 0 Å². The predicted octanol–water partition coefficient (Wildman–Crippen LogP) is 0.415. The molecule has 0 aromatic carbocycles. The minimum Gasteiger partial charge on any atom is -0.197 e. The van der Waals surface area contributed by atoms with E-state index in [0.717, 1.165) is 4.31 Å². The van der Waals surface area contributed by atoms with E-state index in [1.165, 1.54) is 18.4 Å². The van der Waals surface area contributed by atoms with Crippen molar-refractivity contribution >= 4 is 10.2 Å². The fourth-order valence-corrected chi connectivity index (χ4v) is 2.14. The summed E-state index contributed by atoms with van der Waals surface area (Å²) >= 11 is 0. The molecule has 0 aliphatic rings.